The Morgan fingerprint density at radius 2 is 2.04 bits per heavy atom. The Morgan fingerprint density at radius 1 is 1.24 bits per heavy atom. The lowest BCUT2D eigenvalue weighted by molar-refractivity contribution is -0.143. The van der Waals surface area contributed by atoms with E-state index in [2.05, 4.69) is 16.1 Å². The highest BCUT2D eigenvalue weighted by Crippen LogP contribution is 2.33. The normalized spacial score (nSPS) is 11.0. The number of aromatic nitrogens is 4. The molecule has 0 aromatic carbocycles. The highest BCUT2D eigenvalue weighted by Gasteiger charge is 2.18. The summed E-state index contributed by atoms with van der Waals surface area (Å²) in [6.07, 6.45) is 6.41. The molecule has 3 rings (SSSR count). The molecule has 0 radical (unpaired) electrons. The minimum absolute atomic E-state index is 0.193. The number of esters is 1. The number of rotatable bonds is 5. The lowest BCUT2D eigenvalue weighted by atomic mass is 9.94. The van der Waals surface area contributed by atoms with E-state index >= 15 is 0 Å². The highest BCUT2D eigenvalue weighted by atomic mass is 16.5. The zero-order chi connectivity index (χ0) is 18.0. The van der Waals surface area contributed by atoms with Gasteiger partial charge in [-0.15, -0.1) is 0 Å². The number of ether oxygens (including phenoxy) is 1. The monoisotopic (exact) mass is 338 g/mol. The molecule has 0 saturated heterocycles. The summed E-state index contributed by atoms with van der Waals surface area (Å²) >= 11 is 0. The molecule has 3 heterocycles. The number of pyridine rings is 2. The summed E-state index contributed by atoms with van der Waals surface area (Å²) in [5.41, 5.74) is 5.92. The summed E-state index contributed by atoms with van der Waals surface area (Å²) in [5, 5.41) is 5.32. The van der Waals surface area contributed by atoms with Gasteiger partial charge >= 0.3 is 5.97 Å². The van der Waals surface area contributed by atoms with Gasteiger partial charge < -0.3 is 4.74 Å². The van der Waals surface area contributed by atoms with Crippen LogP contribution in [-0.4, -0.2) is 32.3 Å². The third-order valence-corrected chi connectivity index (χ3v) is 4.24. The number of nitrogens with zero attached hydrogens (tertiary/aromatic N) is 4. The summed E-state index contributed by atoms with van der Waals surface area (Å²) in [7, 11) is 1.88. The topological polar surface area (TPSA) is 69.9 Å². The van der Waals surface area contributed by atoms with Crippen LogP contribution in [0, 0.1) is 13.8 Å². The van der Waals surface area contributed by atoms with Gasteiger partial charge in [0.1, 0.15) is 0 Å². The molecule has 3 aromatic heterocycles. The molecule has 0 saturated carbocycles. The van der Waals surface area contributed by atoms with E-state index in [1.165, 1.54) is 0 Å². The van der Waals surface area contributed by atoms with Crippen molar-refractivity contribution in [3.8, 4) is 11.1 Å². The van der Waals surface area contributed by atoms with Crippen molar-refractivity contribution in [1.82, 2.24) is 19.7 Å². The molecule has 0 atom stereocenters. The Bertz CT molecular complexity index is 931. The minimum Gasteiger partial charge on any atom is -0.466 e. The second-order valence-corrected chi connectivity index (χ2v) is 6.11. The predicted octanol–water partition coefficient (Wildman–Crippen LogP) is 3.14. The molecule has 0 fully saturated rings. The summed E-state index contributed by atoms with van der Waals surface area (Å²) in [6.45, 7) is 6.20. The van der Waals surface area contributed by atoms with Crippen LogP contribution in [0.4, 0.5) is 0 Å². The van der Waals surface area contributed by atoms with Gasteiger partial charge in [-0.05, 0) is 44.4 Å². The van der Waals surface area contributed by atoms with Gasteiger partial charge in [0.2, 0.25) is 0 Å². The van der Waals surface area contributed by atoms with E-state index < -0.39 is 0 Å². The third-order valence-electron chi connectivity index (χ3n) is 4.24. The van der Waals surface area contributed by atoms with Crippen molar-refractivity contribution < 1.29 is 9.53 Å². The number of fused-ring (bicyclic) bond motifs is 1. The first-order chi connectivity index (χ1) is 12.0. The maximum absolute atomic E-state index is 11.8. The van der Waals surface area contributed by atoms with Gasteiger partial charge in [0.25, 0.3) is 0 Å². The van der Waals surface area contributed by atoms with E-state index in [0.717, 1.165) is 39.0 Å². The average molecular weight is 338 g/mol. The molecule has 0 aliphatic rings. The second-order valence-electron chi connectivity index (χ2n) is 6.11. The highest BCUT2D eigenvalue weighted by molar-refractivity contribution is 5.95. The molecule has 0 spiro atoms. The average Bonchev–Trinajstić information content (AvgIpc) is 2.93. The first-order valence-electron chi connectivity index (χ1n) is 8.40. The Hall–Kier alpha value is -2.76. The molecule has 0 aliphatic carbocycles. The van der Waals surface area contributed by atoms with Gasteiger partial charge in [-0.3, -0.25) is 14.5 Å². The number of aryl methyl sites for hydroxylation is 3. The molecule has 0 aliphatic heterocycles. The molecule has 0 unspecified atom stereocenters. The Morgan fingerprint density at radius 3 is 2.76 bits per heavy atom. The maximum atomic E-state index is 11.8. The summed E-state index contributed by atoms with van der Waals surface area (Å²) in [5.74, 6) is -0.193. The van der Waals surface area contributed by atoms with Crippen LogP contribution >= 0.6 is 0 Å². The van der Waals surface area contributed by atoms with Crippen molar-refractivity contribution in [2.45, 2.75) is 33.6 Å². The van der Waals surface area contributed by atoms with Crippen LogP contribution in [0.2, 0.25) is 0 Å². The molecule has 3 aromatic rings. The molecule has 0 bridgehead atoms. The fourth-order valence-corrected chi connectivity index (χ4v) is 3.10. The fraction of sp³-hybridized carbons (Fsp3) is 0.368. The van der Waals surface area contributed by atoms with Crippen molar-refractivity contribution in [3.05, 3.63) is 41.5 Å². The lowest BCUT2D eigenvalue weighted by Crippen LogP contribution is -2.08. The second kappa shape index (κ2) is 7.01. The maximum Gasteiger partial charge on any atom is 0.306 e. The van der Waals surface area contributed by atoms with Crippen LogP contribution in [0.1, 0.15) is 30.2 Å². The van der Waals surface area contributed by atoms with Gasteiger partial charge in [0.05, 0.1) is 12.8 Å². The fourth-order valence-electron chi connectivity index (χ4n) is 3.10. The van der Waals surface area contributed by atoms with Crippen molar-refractivity contribution >= 4 is 17.0 Å². The Labute approximate surface area is 146 Å². The number of carbonyl (C=O) groups excluding carboxylic acids is 1. The van der Waals surface area contributed by atoms with Gasteiger partial charge in [-0.25, -0.2) is 4.98 Å². The van der Waals surface area contributed by atoms with E-state index in [1.807, 2.05) is 46.4 Å². The van der Waals surface area contributed by atoms with Crippen LogP contribution in [-0.2, 0) is 23.0 Å². The van der Waals surface area contributed by atoms with Crippen molar-refractivity contribution in [2.75, 3.05) is 6.61 Å². The SMILES string of the molecule is CCOC(=O)CCc1c(C)nc2c(cnn2C)c1-c1cncc(C)c1. The molecule has 25 heavy (non-hydrogen) atoms. The molecule has 6 heteroatoms. The molecule has 0 amide bonds. The van der Waals surface area contributed by atoms with Gasteiger partial charge in [-0.1, -0.05) is 0 Å². The smallest absolute Gasteiger partial charge is 0.306 e. The third kappa shape index (κ3) is 3.38. The number of carbonyl (C=O) groups is 1. The van der Waals surface area contributed by atoms with Gasteiger partial charge in [0.15, 0.2) is 5.65 Å². The summed E-state index contributed by atoms with van der Waals surface area (Å²) < 4.78 is 6.84. The Balaban J connectivity index is 2.16. The number of hydrogen-bond donors (Lipinski definition) is 0. The zero-order valence-electron chi connectivity index (χ0n) is 15.0. The van der Waals surface area contributed by atoms with Crippen LogP contribution < -0.4 is 0 Å². The standard InChI is InChI=1S/C19H22N4O2/c1-5-25-17(24)7-6-15-13(3)22-19-16(11-21-23(19)4)18(15)14-8-12(2)9-20-10-14/h8-11H,5-7H2,1-4H3. The van der Waals surface area contributed by atoms with E-state index in [9.17, 15) is 4.79 Å². The molecular weight excluding hydrogens is 316 g/mol. The first kappa shape index (κ1) is 17.1. The molecule has 130 valence electrons. The van der Waals surface area contributed by atoms with Crippen molar-refractivity contribution in [3.63, 3.8) is 0 Å². The Kier molecular flexibility index (Phi) is 4.79. The van der Waals surface area contributed by atoms with Gasteiger partial charge in [0, 0.05) is 48.1 Å². The van der Waals surface area contributed by atoms with E-state index in [-0.39, 0.29) is 5.97 Å². The summed E-state index contributed by atoms with van der Waals surface area (Å²) in [4.78, 5) is 20.9. The molecule has 6 nitrogen and oxygen atoms in total. The van der Waals surface area contributed by atoms with Crippen LogP contribution in [0.5, 0.6) is 0 Å². The number of hydrogen-bond acceptors (Lipinski definition) is 5. The molecular formula is C19H22N4O2. The molecule has 0 N–H and O–H groups in total. The predicted molar refractivity (Wildman–Crippen MR) is 96.2 cm³/mol. The largest absolute Gasteiger partial charge is 0.466 e. The van der Waals surface area contributed by atoms with Crippen LogP contribution in [0.25, 0.3) is 22.2 Å². The minimum atomic E-state index is -0.193. The van der Waals surface area contributed by atoms with Crippen LogP contribution in [0.15, 0.2) is 24.7 Å². The van der Waals surface area contributed by atoms with E-state index in [1.54, 1.807) is 4.68 Å². The quantitative estimate of drug-likeness (QED) is 0.668. The van der Waals surface area contributed by atoms with Crippen molar-refractivity contribution in [2.24, 2.45) is 7.05 Å². The van der Waals surface area contributed by atoms with Gasteiger partial charge in [-0.2, -0.15) is 5.10 Å². The van der Waals surface area contributed by atoms with E-state index in [0.29, 0.717) is 19.4 Å². The van der Waals surface area contributed by atoms with Crippen molar-refractivity contribution in [1.29, 1.82) is 0 Å². The zero-order valence-corrected chi connectivity index (χ0v) is 15.0. The van der Waals surface area contributed by atoms with E-state index in [4.69, 9.17) is 9.72 Å². The van der Waals surface area contributed by atoms with Crippen LogP contribution in [0.3, 0.4) is 0 Å². The summed E-state index contributed by atoms with van der Waals surface area (Å²) in [6, 6.07) is 2.10. The first-order valence-corrected chi connectivity index (χ1v) is 8.40. The lowest BCUT2D eigenvalue weighted by Gasteiger charge is -2.14.